The topological polar surface area (TPSA) is 68.8 Å². The highest BCUT2D eigenvalue weighted by Crippen LogP contribution is 2.35. The number of hydrogen-bond acceptors (Lipinski definition) is 4. The normalized spacial score (nSPS) is 31.4. The van der Waals surface area contributed by atoms with Gasteiger partial charge in [0, 0.05) is 13.5 Å². The molecule has 2 amide bonds. The average molecular weight is 396 g/mol. The molecule has 2 heterocycles. The van der Waals surface area contributed by atoms with Gasteiger partial charge in [-0.1, -0.05) is 60.7 Å². The second-order valence-electron chi connectivity index (χ2n) is 7.67. The van der Waals surface area contributed by atoms with Gasteiger partial charge >= 0.3 is 6.03 Å². The first-order chi connectivity index (χ1) is 14.1. The molecule has 2 fully saturated rings. The number of fused-ring (bicyclic) bond motifs is 1. The van der Waals surface area contributed by atoms with E-state index in [2.05, 4.69) is 34.9 Å². The van der Waals surface area contributed by atoms with Gasteiger partial charge in [-0.2, -0.15) is 0 Å². The van der Waals surface area contributed by atoms with Crippen molar-refractivity contribution in [2.45, 2.75) is 57.0 Å². The van der Waals surface area contributed by atoms with Crippen LogP contribution in [0, 0.1) is 0 Å². The minimum atomic E-state index is -1.13. The van der Waals surface area contributed by atoms with Gasteiger partial charge in [0.15, 0.2) is 0 Å². The molecule has 154 valence electrons. The molecular weight excluding hydrogens is 368 g/mol. The summed E-state index contributed by atoms with van der Waals surface area (Å²) >= 11 is 0. The lowest BCUT2D eigenvalue weighted by molar-refractivity contribution is -0.329. The zero-order valence-electron chi connectivity index (χ0n) is 16.8. The van der Waals surface area contributed by atoms with Crippen LogP contribution in [0.25, 0.3) is 0 Å². The highest BCUT2D eigenvalue weighted by atomic mass is 16.9. The summed E-state index contributed by atoms with van der Waals surface area (Å²) in [5.74, 6) is -1.13. The molecule has 4 atom stereocenters. The monoisotopic (exact) mass is 396 g/mol. The van der Waals surface area contributed by atoms with Gasteiger partial charge in [0.2, 0.25) is 0 Å². The molecule has 0 aromatic heterocycles. The van der Waals surface area contributed by atoms with Gasteiger partial charge in [0.05, 0.1) is 12.1 Å². The van der Waals surface area contributed by atoms with Gasteiger partial charge in [-0.25, -0.2) is 4.79 Å². The van der Waals surface area contributed by atoms with Gasteiger partial charge in [-0.3, -0.25) is 0 Å². The van der Waals surface area contributed by atoms with Crippen molar-refractivity contribution >= 4 is 6.03 Å². The molecule has 2 N–H and O–H groups in total. The number of nitrogens with one attached hydrogen (secondary N) is 2. The molecule has 0 spiro atoms. The number of carbonyl (C=O) groups excluding carboxylic acids is 1. The van der Waals surface area contributed by atoms with E-state index in [9.17, 15) is 4.79 Å². The fourth-order valence-corrected chi connectivity index (χ4v) is 4.22. The summed E-state index contributed by atoms with van der Waals surface area (Å²) in [6.45, 7) is 4.18. The first-order valence-electron chi connectivity index (χ1n) is 10.2. The van der Waals surface area contributed by atoms with Crippen molar-refractivity contribution in [3.8, 4) is 0 Å². The Morgan fingerprint density at radius 3 is 1.72 bits per heavy atom. The summed E-state index contributed by atoms with van der Waals surface area (Å²) in [6.07, 6.45) is 0.636. The van der Waals surface area contributed by atoms with Crippen LogP contribution >= 0.6 is 0 Å². The molecular formula is C23H28N2O4. The summed E-state index contributed by atoms with van der Waals surface area (Å²) < 4.78 is 18.3. The van der Waals surface area contributed by atoms with Crippen molar-refractivity contribution in [3.05, 3.63) is 71.8 Å². The fourth-order valence-electron chi connectivity index (χ4n) is 4.22. The Kier molecular flexibility index (Phi) is 5.85. The smallest absolute Gasteiger partial charge is 0.315 e. The number of carbonyl (C=O) groups is 1. The van der Waals surface area contributed by atoms with Gasteiger partial charge in [-0.05, 0) is 30.9 Å². The molecule has 6 nitrogen and oxygen atoms in total. The third kappa shape index (κ3) is 4.61. The Hall–Kier alpha value is -2.41. The lowest BCUT2D eigenvalue weighted by atomic mass is 9.92. The van der Waals surface area contributed by atoms with E-state index in [4.69, 9.17) is 14.2 Å². The number of hydrogen-bond donors (Lipinski definition) is 2. The van der Waals surface area contributed by atoms with Crippen molar-refractivity contribution in [3.63, 3.8) is 0 Å². The predicted molar refractivity (Wildman–Crippen MR) is 109 cm³/mol. The predicted octanol–water partition coefficient (Wildman–Crippen LogP) is 3.02. The summed E-state index contributed by atoms with van der Waals surface area (Å²) in [7, 11) is 0. The van der Waals surface area contributed by atoms with E-state index >= 15 is 0 Å². The lowest BCUT2D eigenvalue weighted by Crippen LogP contribution is -2.47. The van der Waals surface area contributed by atoms with Crippen LogP contribution in [0.5, 0.6) is 0 Å². The minimum Gasteiger partial charge on any atom is -0.332 e. The average Bonchev–Trinajstić information content (AvgIpc) is 3.01. The van der Waals surface area contributed by atoms with Crippen LogP contribution in [0.2, 0.25) is 0 Å². The maximum atomic E-state index is 12.6. The minimum absolute atomic E-state index is 0.202. The largest absolute Gasteiger partial charge is 0.332 e. The van der Waals surface area contributed by atoms with Crippen LogP contribution < -0.4 is 10.6 Å². The zero-order chi connectivity index (χ0) is 20.3. The molecule has 0 aliphatic carbocycles. The number of benzene rings is 2. The Bertz CT molecular complexity index is 753. The van der Waals surface area contributed by atoms with E-state index in [-0.39, 0.29) is 30.3 Å². The molecule has 29 heavy (non-hydrogen) atoms. The number of amides is 2. The SMILES string of the molecule is CCOC1(C)O[C@@H]2[C@@H](O1)[C@@H](Cc1ccccc1)NC(=O)N[C@@H]2Cc1ccccc1. The molecule has 2 aromatic rings. The van der Waals surface area contributed by atoms with Crippen molar-refractivity contribution < 1.29 is 19.0 Å². The summed E-state index contributed by atoms with van der Waals surface area (Å²) in [6, 6.07) is 19.5. The van der Waals surface area contributed by atoms with E-state index in [0.29, 0.717) is 19.4 Å². The highest BCUT2D eigenvalue weighted by Gasteiger charge is 2.53. The van der Waals surface area contributed by atoms with Crippen LogP contribution in [-0.2, 0) is 27.1 Å². The first-order valence-corrected chi connectivity index (χ1v) is 10.2. The summed E-state index contributed by atoms with van der Waals surface area (Å²) in [4.78, 5) is 12.6. The van der Waals surface area contributed by atoms with E-state index in [1.54, 1.807) is 6.92 Å². The Balaban J connectivity index is 1.61. The van der Waals surface area contributed by atoms with Crippen molar-refractivity contribution in [2.24, 2.45) is 0 Å². The van der Waals surface area contributed by atoms with Gasteiger partial charge in [0.1, 0.15) is 12.2 Å². The molecule has 2 saturated heterocycles. The van der Waals surface area contributed by atoms with Crippen molar-refractivity contribution in [2.75, 3.05) is 6.61 Å². The third-order valence-corrected chi connectivity index (χ3v) is 5.45. The van der Waals surface area contributed by atoms with E-state index in [0.717, 1.165) is 11.1 Å². The number of rotatable bonds is 6. The Morgan fingerprint density at radius 1 is 0.862 bits per heavy atom. The number of urea groups is 1. The van der Waals surface area contributed by atoms with Crippen LogP contribution in [0.15, 0.2) is 60.7 Å². The maximum Gasteiger partial charge on any atom is 0.315 e. The lowest BCUT2D eigenvalue weighted by Gasteiger charge is -2.26. The second kappa shape index (κ2) is 8.53. The van der Waals surface area contributed by atoms with E-state index in [1.165, 1.54) is 0 Å². The Labute approximate surface area is 171 Å². The van der Waals surface area contributed by atoms with Gasteiger partial charge < -0.3 is 24.8 Å². The molecule has 0 bridgehead atoms. The van der Waals surface area contributed by atoms with Gasteiger partial charge in [-0.15, -0.1) is 0 Å². The Morgan fingerprint density at radius 2 is 1.31 bits per heavy atom. The molecule has 0 radical (unpaired) electrons. The zero-order valence-corrected chi connectivity index (χ0v) is 16.8. The maximum absolute atomic E-state index is 12.6. The van der Waals surface area contributed by atoms with E-state index < -0.39 is 5.97 Å². The van der Waals surface area contributed by atoms with Crippen LogP contribution in [0.1, 0.15) is 25.0 Å². The molecule has 6 heteroatoms. The standard InChI is InChI=1S/C23H28N2O4/c1-3-27-23(2)28-20-18(14-16-10-6-4-7-11-16)24-22(26)25-19(21(20)29-23)15-17-12-8-5-9-13-17/h4-13,18-21H,3,14-15H2,1-2H3,(H2,24,25,26)/t18-,19-,20+,21+/m1/s1. The molecule has 2 aromatic carbocycles. The fraction of sp³-hybridized carbons (Fsp3) is 0.435. The van der Waals surface area contributed by atoms with Crippen LogP contribution in [0.4, 0.5) is 4.79 Å². The van der Waals surface area contributed by atoms with Gasteiger partial charge in [0.25, 0.3) is 5.97 Å². The molecule has 2 aliphatic rings. The third-order valence-electron chi connectivity index (χ3n) is 5.45. The molecule has 2 aliphatic heterocycles. The molecule has 0 saturated carbocycles. The number of ether oxygens (including phenoxy) is 3. The highest BCUT2D eigenvalue weighted by molar-refractivity contribution is 5.75. The second-order valence-corrected chi connectivity index (χ2v) is 7.67. The van der Waals surface area contributed by atoms with Crippen molar-refractivity contribution in [1.82, 2.24) is 10.6 Å². The van der Waals surface area contributed by atoms with Crippen LogP contribution in [-0.4, -0.2) is 42.9 Å². The summed E-state index contributed by atoms with van der Waals surface area (Å²) in [5.41, 5.74) is 2.26. The molecule has 4 rings (SSSR count). The quantitative estimate of drug-likeness (QED) is 0.788. The van der Waals surface area contributed by atoms with E-state index in [1.807, 2.05) is 43.3 Å². The first kappa shape index (κ1) is 19.9. The van der Waals surface area contributed by atoms with Crippen LogP contribution in [0.3, 0.4) is 0 Å². The molecule has 0 unspecified atom stereocenters. The summed E-state index contributed by atoms with van der Waals surface area (Å²) in [5, 5.41) is 6.17. The van der Waals surface area contributed by atoms with Crippen molar-refractivity contribution in [1.29, 1.82) is 0 Å².